The summed E-state index contributed by atoms with van der Waals surface area (Å²) in [7, 11) is 0. The lowest BCUT2D eigenvalue weighted by atomic mass is 9.95. The number of amides is 1. The molecule has 2 unspecified atom stereocenters. The fourth-order valence-electron chi connectivity index (χ4n) is 3.90. The van der Waals surface area contributed by atoms with Crippen LogP contribution in [0.25, 0.3) is 0 Å². The van der Waals surface area contributed by atoms with Crippen LogP contribution in [0.5, 0.6) is 0 Å². The number of hydrogen-bond donors (Lipinski definition) is 2. The first-order valence-electron chi connectivity index (χ1n) is 9.43. The molecule has 26 heavy (non-hydrogen) atoms. The second kappa shape index (κ2) is 7.40. The smallest absolute Gasteiger partial charge is 0.255 e. The molecule has 3 N–H and O–H groups in total. The first kappa shape index (κ1) is 18.3. The number of carbonyl (C=O) groups is 1. The largest absolute Gasteiger partial charge is 0.397 e. The van der Waals surface area contributed by atoms with Crippen molar-refractivity contribution in [3.05, 3.63) is 53.1 Å². The lowest BCUT2D eigenvalue weighted by Crippen LogP contribution is -2.44. The summed E-state index contributed by atoms with van der Waals surface area (Å²) in [4.78, 5) is 15.1. The van der Waals surface area contributed by atoms with Crippen molar-refractivity contribution < 1.29 is 4.79 Å². The summed E-state index contributed by atoms with van der Waals surface area (Å²) >= 11 is 0. The molecule has 1 heterocycles. The van der Waals surface area contributed by atoms with Crippen LogP contribution in [-0.2, 0) is 0 Å². The summed E-state index contributed by atoms with van der Waals surface area (Å²) in [6.45, 7) is 8.64. The van der Waals surface area contributed by atoms with Gasteiger partial charge < -0.3 is 16.0 Å². The molecule has 2 aromatic carbocycles. The zero-order valence-electron chi connectivity index (χ0n) is 16.2. The van der Waals surface area contributed by atoms with Gasteiger partial charge in [0.15, 0.2) is 0 Å². The molecule has 0 aliphatic carbocycles. The zero-order chi connectivity index (χ0) is 18.8. The highest BCUT2D eigenvalue weighted by Crippen LogP contribution is 2.35. The van der Waals surface area contributed by atoms with Gasteiger partial charge in [0.2, 0.25) is 0 Å². The fourth-order valence-corrected chi connectivity index (χ4v) is 3.90. The number of carbonyl (C=O) groups excluding carboxylic acids is 1. The maximum absolute atomic E-state index is 12.6. The Balaban J connectivity index is 1.90. The Labute approximate surface area is 156 Å². The van der Waals surface area contributed by atoms with E-state index < -0.39 is 0 Å². The number of nitrogens with zero attached hydrogens (tertiary/aromatic N) is 1. The van der Waals surface area contributed by atoms with Crippen molar-refractivity contribution in [3.63, 3.8) is 0 Å². The van der Waals surface area contributed by atoms with E-state index in [-0.39, 0.29) is 5.91 Å². The molecule has 1 aliphatic heterocycles. The molecular formula is C22H29N3O. The summed E-state index contributed by atoms with van der Waals surface area (Å²) in [5, 5.41) is 2.99. The molecule has 1 saturated heterocycles. The van der Waals surface area contributed by atoms with Crippen molar-refractivity contribution in [2.45, 2.75) is 59.0 Å². The van der Waals surface area contributed by atoms with Crippen molar-refractivity contribution in [2.75, 3.05) is 16.0 Å². The van der Waals surface area contributed by atoms with Crippen molar-refractivity contribution in [2.24, 2.45) is 0 Å². The van der Waals surface area contributed by atoms with Gasteiger partial charge in [-0.1, -0.05) is 17.7 Å². The van der Waals surface area contributed by atoms with Crippen LogP contribution in [0.1, 0.15) is 54.6 Å². The SMILES string of the molecule is Cc1ccc(C(=O)Nc2cc(N3C(C)CCCC3C)c(C)cc2N)cc1. The van der Waals surface area contributed by atoms with Crippen LogP contribution in [-0.4, -0.2) is 18.0 Å². The Hall–Kier alpha value is -2.49. The Morgan fingerprint density at radius 2 is 1.69 bits per heavy atom. The molecule has 2 atom stereocenters. The van der Waals surface area contributed by atoms with E-state index in [9.17, 15) is 4.79 Å². The van der Waals surface area contributed by atoms with Crippen LogP contribution in [0.4, 0.5) is 17.1 Å². The molecular weight excluding hydrogens is 322 g/mol. The number of rotatable bonds is 3. The van der Waals surface area contributed by atoms with E-state index in [1.54, 1.807) is 0 Å². The van der Waals surface area contributed by atoms with Gasteiger partial charge in [0, 0.05) is 23.3 Å². The maximum Gasteiger partial charge on any atom is 0.255 e. The molecule has 4 heteroatoms. The Kier molecular flexibility index (Phi) is 5.21. The van der Waals surface area contributed by atoms with Gasteiger partial charge in [0.25, 0.3) is 5.91 Å². The van der Waals surface area contributed by atoms with Gasteiger partial charge >= 0.3 is 0 Å². The van der Waals surface area contributed by atoms with Gasteiger partial charge in [-0.05, 0) is 76.8 Å². The van der Waals surface area contributed by atoms with E-state index >= 15 is 0 Å². The topological polar surface area (TPSA) is 58.4 Å². The molecule has 0 radical (unpaired) electrons. The molecule has 138 valence electrons. The first-order chi connectivity index (χ1) is 12.4. The minimum absolute atomic E-state index is 0.133. The monoisotopic (exact) mass is 351 g/mol. The van der Waals surface area contributed by atoms with Crippen LogP contribution in [0, 0.1) is 13.8 Å². The number of aryl methyl sites for hydroxylation is 2. The Morgan fingerprint density at radius 3 is 2.31 bits per heavy atom. The highest BCUT2D eigenvalue weighted by Gasteiger charge is 2.26. The van der Waals surface area contributed by atoms with Crippen LogP contribution in [0.3, 0.4) is 0 Å². The first-order valence-corrected chi connectivity index (χ1v) is 9.43. The third-order valence-electron chi connectivity index (χ3n) is 5.40. The van der Waals surface area contributed by atoms with Crippen molar-refractivity contribution >= 4 is 23.0 Å². The van der Waals surface area contributed by atoms with Crippen molar-refractivity contribution in [1.29, 1.82) is 0 Å². The fraction of sp³-hybridized carbons (Fsp3) is 0.409. The average molecular weight is 351 g/mol. The molecule has 1 amide bonds. The third-order valence-corrected chi connectivity index (χ3v) is 5.40. The molecule has 2 aromatic rings. The van der Waals surface area contributed by atoms with Gasteiger partial charge in [-0.2, -0.15) is 0 Å². The minimum Gasteiger partial charge on any atom is -0.397 e. The van der Waals surface area contributed by atoms with Gasteiger partial charge in [0.1, 0.15) is 0 Å². The molecule has 0 spiro atoms. The van der Waals surface area contributed by atoms with Gasteiger partial charge in [-0.25, -0.2) is 0 Å². The molecule has 0 aromatic heterocycles. The second-order valence-electron chi connectivity index (χ2n) is 7.58. The van der Waals surface area contributed by atoms with E-state index in [0.29, 0.717) is 29.0 Å². The van der Waals surface area contributed by atoms with Gasteiger partial charge in [0.05, 0.1) is 11.4 Å². The summed E-state index contributed by atoms with van der Waals surface area (Å²) in [6.07, 6.45) is 3.66. The highest BCUT2D eigenvalue weighted by atomic mass is 16.1. The number of piperidine rings is 1. The highest BCUT2D eigenvalue weighted by molar-refractivity contribution is 6.06. The zero-order valence-corrected chi connectivity index (χ0v) is 16.2. The number of hydrogen-bond acceptors (Lipinski definition) is 3. The summed E-state index contributed by atoms with van der Waals surface area (Å²) < 4.78 is 0. The summed E-state index contributed by atoms with van der Waals surface area (Å²) in [5.41, 5.74) is 11.6. The predicted molar refractivity (Wildman–Crippen MR) is 110 cm³/mol. The minimum atomic E-state index is -0.133. The average Bonchev–Trinajstić information content (AvgIpc) is 2.59. The molecule has 0 bridgehead atoms. The van der Waals surface area contributed by atoms with Gasteiger partial charge in [-0.3, -0.25) is 4.79 Å². The van der Waals surface area contributed by atoms with Crippen LogP contribution in [0.15, 0.2) is 36.4 Å². The number of anilines is 3. The summed E-state index contributed by atoms with van der Waals surface area (Å²) in [5.74, 6) is -0.133. The number of nitrogens with two attached hydrogens (primary N) is 1. The normalized spacial score (nSPS) is 20.1. The van der Waals surface area contributed by atoms with E-state index in [4.69, 9.17) is 5.73 Å². The molecule has 0 saturated carbocycles. The third kappa shape index (κ3) is 3.69. The van der Waals surface area contributed by atoms with Crippen molar-refractivity contribution in [3.8, 4) is 0 Å². The second-order valence-corrected chi connectivity index (χ2v) is 7.58. The van der Waals surface area contributed by atoms with E-state index in [1.165, 1.54) is 19.3 Å². The Morgan fingerprint density at radius 1 is 1.08 bits per heavy atom. The Bertz CT molecular complexity index is 788. The van der Waals surface area contributed by atoms with E-state index in [2.05, 4.69) is 31.0 Å². The number of nitrogen functional groups attached to an aromatic ring is 1. The van der Waals surface area contributed by atoms with Gasteiger partial charge in [-0.15, -0.1) is 0 Å². The van der Waals surface area contributed by atoms with Crippen LogP contribution >= 0.6 is 0 Å². The van der Waals surface area contributed by atoms with E-state index in [1.807, 2.05) is 43.3 Å². The van der Waals surface area contributed by atoms with Crippen molar-refractivity contribution in [1.82, 2.24) is 0 Å². The molecule has 1 aliphatic rings. The predicted octanol–water partition coefficient (Wildman–Crippen LogP) is 4.91. The van der Waals surface area contributed by atoms with Crippen LogP contribution in [0.2, 0.25) is 0 Å². The quantitative estimate of drug-likeness (QED) is 0.773. The standard InChI is InChI=1S/C22H29N3O/c1-14-8-10-18(11-9-14)22(26)24-20-13-21(15(2)12-19(20)23)25-16(3)6-5-7-17(25)4/h8-13,16-17H,5-7,23H2,1-4H3,(H,24,26). The lowest BCUT2D eigenvalue weighted by molar-refractivity contribution is 0.102. The number of benzene rings is 2. The van der Waals surface area contributed by atoms with Crippen LogP contribution < -0.4 is 16.0 Å². The number of nitrogens with one attached hydrogen (secondary N) is 1. The summed E-state index contributed by atoms with van der Waals surface area (Å²) in [6, 6.07) is 12.5. The molecule has 4 nitrogen and oxygen atoms in total. The molecule has 3 rings (SSSR count). The molecule has 1 fully saturated rings. The maximum atomic E-state index is 12.6. The van der Waals surface area contributed by atoms with E-state index in [0.717, 1.165) is 16.8 Å². The lowest BCUT2D eigenvalue weighted by Gasteiger charge is -2.42.